The molecule has 0 saturated carbocycles. The van der Waals surface area contributed by atoms with Gasteiger partial charge in [0.15, 0.2) is 0 Å². The Kier molecular flexibility index (Phi) is 4.84. The lowest BCUT2D eigenvalue weighted by atomic mass is 9.91. The van der Waals surface area contributed by atoms with Gasteiger partial charge in [-0.3, -0.25) is 0 Å². The van der Waals surface area contributed by atoms with Crippen LogP contribution in [0.15, 0.2) is 12.2 Å². The average Bonchev–Trinajstić information content (AvgIpc) is 2.35. The molecule has 134 valence electrons. The fourth-order valence-electron chi connectivity index (χ4n) is 1.05. The fraction of sp³-hybridized carbons (Fsp3) is 0.600. The van der Waals surface area contributed by atoms with E-state index in [1.54, 1.807) is 0 Å². The third-order valence-electron chi connectivity index (χ3n) is 2.49. The molecule has 0 atom stereocenters. The summed E-state index contributed by atoms with van der Waals surface area (Å²) in [6, 6.07) is 0. The molecule has 0 radical (unpaired) electrons. The van der Waals surface area contributed by atoms with Gasteiger partial charge in [-0.2, -0.15) is 57.1 Å². The molecule has 0 bridgehead atoms. The topological polar surface area (TPSA) is 0 Å². The van der Waals surface area contributed by atoms with Crippen LogP contribution in [0.2, 0.25) is 0 Å². The summed E-state index contributed by atoms with van der Waals surface area (Å²) in [7, 11) is 0. The largest absolute Gasteiger partial charge is 0.460 e. The summed E-state index contributed by atoms with van der Waals surface area (Å²) in [4.78, 5) is 0. The van der Waals surface area contributed by atoms with Crippen LogP contribution < -0.4 is 0 Å². The van der Waals surface area contributed by atoms with Gasteiger partial charge in [0.25, 0.3) is 0 Å². The van der Waals surface area contributed by atoms with Gasteiger partial charge < -0.3 is 0 Å². The molecule has 0 aliphatic rings. The summed E-state index contributed by atoms with van der Waals surface area (Å²) in [6.45, 7) is 1.96. The minimum absolute atomic E-state index is 0.591. The van der Waals surface area contributed by atoms with Crippen molar-refractivity contribution in [1.29, 1.82) is 0 Å². The molecule has 0 aliphatic carbocycles. The highest BCUT2D eigenvalue weighted by atomic mass is 19.4. The first kappa shape index (κ1) is 21.4. The predicted octanol–water partition coefficient (Wildman–Crippen LogP) is 4.91. The summed E-state index contributed by atoms with van der Waals surface area (Å²) in [5.41, 5.74) is -2.53. The van der Waals surface area contributed by atoms with Gasteiger partial charge in [0.1, 0.15) is 0 Å². The Hall–Kier alpha value is -1.61. The van der Waals surface area contributed by atoms with Crippen LogP contribution in [0.4, 0.5) is 57.1 Å². The van der Waals surface area contributed by atoms with Gasteiger partial charge in [0.05, 0.1) is 5.57 Å². The van der Waals surface area contributed by atoms with E-state index in [9.17, 15) is 57.1 Å². The summed E-state index contributed by atoms with van der Waals surface area (Å²) >= 11 is 0. The zero-order valence-electron chi connectivity index (χ0n) is 10.2. The van der Waals surface area contributed by atoms with Crippen LogP contribution >= 0.6 is 0 Å². The lowest BCUT2D eigenvalue weighted by molar-refractivity contribution is -0.436. The van der Waals surface area contributed by atoms with Crippen LogP contribution in [0.1, 0.15) is 0 Å². The van der Waals surface area contributed by atoms with E-state index < -0.39 is 41.4 Å². The van der Waals surface area contributed by atoms with Crippen molar-refractivity contribution in [2.45, 2.75) is 35.8 Å². The Bertz CT molecular complexity index is 516. The summed E-state index contributed by atoms with van der Waals surface area (Å²) in [5, 5.41) is 0. The molecule has 0 aliphatic heterocycles. The van der Waals surface area contributed by atoms with Crippen molar-refractivity contribution in [1.82, 2.24) is 0 Å². The number of hydrogen-bond acceptors (Lipinski definition) is 0. The number of allylic oxidation sites excluding steroid dienone is 1. The van der Waals surface area contributed by atoms with E-state index >= 15 is 0 Å². The van der Waals surface area contributed by atoms with Crippen molar-refractivity contribution < 1.29 is 57.1 Å². The van der Waals surface area contributed by atoms with E-state index in [2.05, 4.69) is 6.42 Å². The minimum atomic E-state index is -7.93. The van der Waals surface area contributed by atoms with Gasteiger partial charge in [-0.25, -0.2) is 0 Å². The van der Waals surface area contributed by atoms with Crippen LogP contribution in [-0.2, 0) is 0 Å². The third-order valence-corrected chi connectivity index (χ3v) is 2.49. The zero-order chi connectivity index (χ0) is 19.3. The van der Waals surface area contributed by atoms with Crippen LogP contribution in [0.25, 0.3) is 0 Å². The van der Waals surface area contributed by atoms with Crippen molar-refractivity contribution in [2.24, 2.45) is 0 Å². The van der Waals surface area contributed by atoms with Crippen molar-refractivity contribution in [2.75, 3.05) is 0 Å². The van der Waals surface area contributed by atoms with E-state index in [4.69, 9.17) is 0 Å². The highest BCUT2D eigenvalue weighted by Crippen LogP contribution is 2.60. The quantitative estimate of drug-likeness (QED) is 0.476. The van der Waals surface area contributed by atoms with Gasteiger partial charge in [-0.05, 0) is 0 Å². The standard InChI is InChI=1S/C10H3F13/c1-3-4(2)5(11,12)6(13,14)7(15,16)8(17,18)9(19,20)10(21,22)23/h1H,2H2. The maximum absolute atomic E-state index is 13.0. The molecule has 0 nitrogen and oxygen atoms in total. The average molecular weight is 370 g/mol. The van der Waals surface area contributed by atoms with Crippen molar-refractivity contribution in [3.63, 3.8) is 0 Å². The maximum atomic E-state index is 13.0. The van der Waals surface area contributed by atoms with E-state index in [0.717, 1.165) is 0 Å². The molecule has 0 amide bonds. The Balaban J connectivity index is 6.37. The van der Waals surface area contributed by atoms with Gasteiger partial charge in [0, 0.05) is 0 Å². The molecule has 0 saturated heterocycles. The van der Waals surface area contributed by atoms with Gasteiger partial charge >= 0.3 is 35.8 Å². The normalized spacial score (nSPS) is 15.3. The van der Waals surface area contributed by atoms with E-state index in [1.807, 2.05) is 6.58 Å². The number of hydrogen-bond donors (Lipinski definition) is 0. The number of rotatable bonds is 5. The smallest absolute Gasteiger partial charge is 0.193 e. The van der Waals surface area contributed by atoms with Crippen LogP contribution in [0.5, 0.6) is 0 Å². The van der Waals surface area contributed by atoms with Crippen molar-refractivity contribution in [3.05, 3.63) is 12.2 Å². The predicted molar refractivity (Wildman–Crippen MR) is 48.8 cm³/mol. The van der Waals surface area contributed by atoms with Crippen LogP contribution in [0.3, 0.4) is 0 Å². The Morgan fingerprint density at radius 2 is 0.913 bits per heavy atom. The first-order valence-electron chi connectivity index (χ1n) is 4.85. The molecule has 0 aromatic carbocycles. The molecule has 13 heteroatoms. The van der Waals surface area contributed by atoms with Crippen LogP contribution in [-0.4, -0.2) is 35.8 Å². The lowest BCUT2D eigenvalue weighted by Crippen LogP contribution is -2.70. The number of halogens is 13. The fourth-order valence-corrected chi connectivity index (χ4v) is 1.05. The maximum Gasteiger partial charge on any atom is 0.460 e. The first-order chi connectivity index (χ1) is 9.73. The Morgan fingerprint density at radius 1 is 0.609 bits per heavy atom. The second-order valence-corrected chi connectivity index (χ2v) is 3.99. The van der Waals surface area contributed by atoms with E-state index in [1.165, 1.54) is 0 Å². The lowest BCUT2D eigenvalue weighted by Gasteiger charge is -2.39. The molecular formula is C10H3F13. The third kappa shape index (κ3) is 2.61. The second-order valence-electron chi connectivity index (χ2n) is 3.99. The molecule has 23 heavy (non-hydrogen) atoms. The summed E-state index contributed by atoms with van der Waals surface area (Å²) in [5.74, 6) is -36.8. The molecule has 0 fully saturated rings. The Morgan fingerprint density at radius 3 is 1.17 bits per heavy atom. The van der Waals surface area contributed by atoms with Crippen molar-refractivity contribution >= 4 is 0 Å². The number of terminal acetylenes is 1. The monoisotopic (exact) mass is 370 g/mol. The Labute approximate surface area is 118 Å². The highest BCUT2D eigenvalue weighted by Gasteiger charge is 2.90. The SMILES string of the molecule is C#CC(=C)C(F)(F)C(F)(F)C(F)(F)C(F)(F)C(F)(F)C(F)(F)F. The molecule has 0 aromatic heterocycles. The van der Waals surface area contributed by atoms with Gasteiger partial charge in [0.2, 0.25) is 0 Å². The first-order valence-corrected chi connectivity index (χ1v) is 4.85. The second kappa shape index (κ2) is 5.20. The molecule has 0 heterocycles. The van der Waals surface area contributed by atoms with Gasteiger partial charge in [-0.15, -0.1) is 6.42 Å². The molecule has 0 unspecified atom stereocenters. The summed E-state index contributed by atoms with van der Waals surface area (Å²) in [6.07, 6.45) is -3.30. The highest BCUT2D eigenvalue weighted by molar-refractivity contribution is 5.33. The van der Waals surface area contributed by atoms with Gasteiger partial charge in [-0.1, -0.05) is 12.5 Å². The van der Waals surface area contributed by atoms with E-state index in [0.29, 0.717) is 5.92 Å². The molecule has 0 aromatic rings. The molecule has 0 N–H and O–H groups in total. The molecule has 0 rings (SSSR count). The van der Waals surface area contributed by atoms with E-state index in [-0.39, 0.29) is 0 Å². The van der Waals surface area contributed by atoms with Crippen LogP contribution in [0, 0.1) is 12.3 Å². The summed E-state index contributed by atoms with van der Waals surface area (Å²) < 4.78 is 163. The van der Waals surface area contributed by atoms with Crippen molar-refractivity contribution in [3.8, 4) is 12.3 Å². The minimum Gasteiger partial charge on any atom is -0.193 e. The number of alkyl halides is 13. The zero-order valence-corrected chi connectivity index (χ0v) is 10.2. The molecule has 0 spiro atoms. The molecular weight excluding hydrogens is 367 g/mol.